The van der Waals surface area contributed by atoms with Crippen LogP contribution in [0.1, 0.15) is 45.4 Å². The van der Waals surface area contributed by atoms with Gasteiger partial charge in [-0.1, -0.05) is 37.8 Å². The number of anilines is 1. The summed E-state index contributed by atoms with van der Waals surface area (Å²) in [7, 11) is 0. The van der Waals surface area contributed by atoms with E-state index < -0.39 is 0 Å². The Hall–Kier alpha value is -1.09. The molecule has 0 amide bonds. The molecule has 0 saturated heterocycles. The fourth-order valence-corrected chi connectivity index (χ4v) is 3.39. The molecule has 0 spiro atoms. The summed E-state index contributed by atoms with van der Waals surface area (Å²) < 4.78 is 14.0. The molecule has 2 nitrogen and oxygen atoms in total. The average molecular weight is 278 g/mol. The molecule has 0 aliphatic heterocycles. The number of benzene rings is 1. The van der Waals surface area contributed by atoms with Crippen LogP contribution in [0.2, 0.25) is 0 Å². The highest BCUT2D eigenvalue weighted by Gasteiger charge is 2.31. The monoisotopic (exact) mass is 278 g/mol. The van der Waals surface area contributed by atoms with Crippen molar-refractivity contribution in [3.05, 3.63) is 30.1 Å². The molecule has 0 heterocycles. The van der Waals surface area contributed by atoms with Gasteiger partial charge in [0.05, 0.1) is 5.69 Å². The van der Waals surface area contributed by atoms with Crippen LogP contribution in [0.5, 0.6) is 0 Å². The molecule has 2 rings (SSSR count). The first-order valence-electron chi connectivity index (χ1n) is 7.90. The smallest absolute Gasteiger partial charge is 0.146 e. The molecule has 112 valence electrons. The van der Waals surface area contributed by atoms with E-state index in [1.54, 1.807) is 12.1 Å². The molecule has 0 atom stereocenters. The molecule has 1 aliphatic carbocycles. The van der Waals surface area contributed by atoms with E-state index in [2.05, 4.69) is 11.8 Å². The van der Waals surface area contributed by atoms with E-state index in [-0.39, 0.29) is 11.2 Å². The van der Waals surface area contributed by atoms with Crippen molar-refractivity contribution in [3.63, 3.8) is 0 Å². The van der Waals surface area contributed by atoms with Crippen LogP contribution in [-0.4, -0.2) is 19.6 Å². The molecule has 1 aromatic carbocycles. The van der Waals surface area contributed by atoms with E-state index in [1.807, 2.05) is 12.1 Å². The SMILES string of the molecule is CCN(CC1(CN)CCCCCC1)c1ccccc1F. The molecule has 1 fully saturated rings. The van der Waals surface area contributed by atoms with E-state index in [0.29, 0.717) is 12.2 Å². The van der Waals surface area contributed by atoms with Gasteiger partial charge in [0.15, 0.2) is 0 Å². The summed E-state index contributed by atoms with van der Waals surface area (Å²) in [6.07, 6.45) is 7.49. The Bertz CT molecular complexity index is 411. The zero-order valence-electron chi connectivity index (χ0n) is 12.6. The number of nitrogens with zero attached hydrogens (tertiary/aromatic N) is 1. The zero-order valence-corrected chi connectivity index (χ0v) is 12.6. The van der Waals surface area contributed by atoms with Crippen molar-refractivity contribution in [2.75, 3.05) is 24.5 Å². The summed E-state index contributed by atoms with van der Waals surface area (Å²) in [6.45, 7) is 4.49. The minimum absolute atomic E-state index is 0.129. The predicted octanol–water partition coefficient (Wildman–Crippen LogP) is 3.95. The molecule has 0 bridgehead atoms. The normalized spacial score (nSPS) is 18.6. The van der Waals surface area contributed by atoms with E-state index in [0.717, 1.165) is 13.1 Å². The van der Waals surface area contributed by atoms with Gasteiger partial charge in [-0.05, 0) is 38.4 Å². The van der Waals surface area contributed by atoms with Crippen LogP contribution in [0.25, 0.3) is 0 Å². The second-order valence-electron chi connectivity index (χ2n) is 6.08. The third-order valence-corrected chi connectivity index (χ3v) is 4.70. The minimum Gasteiger partial charge on any atom is -0.369 e. The summed E-state index contributed by atoms with van der Waals surface area (Å²) in [4.78, 5) is 2.16. The van der Waals surface area contributed by atoms with E-state index in [9.17, 15) is 4.39 Å². The van der Waals surface area contributed by atoms with Crippen molar-refractivity contribution in [2.24, 2.45) is 11.1 Å². The zero-order chi connectivity index (χ0) is 14.4. The Kier molecular flexibility index (Phi) is 5.41. The van der Waals surface area contributed by atoms with Crippen LogP contribution in [0.15, 0.2) is 24.3 Å². The highest BCUT2D eigenvalue weighted by atomic mass is 19.1. The van der Waals surface area contributed by atoms with E-state index in [1.165, 1.54) is 38.5 Å². The van der Waals surface area contributed by atoms with Gasteiger partial charge in [0.2, 0.25) is 0 Å². The summed E-state index contributed by atoms with van der Waals surface area (Å²) >= 11 is 0. The van der Waals surface area contributed by atoms with Crippen LogP contribution in [-0.2, 0) is 0 Å². The second kappa shape index (κ2) is 7.07. The molecule has 3 heteroatoms. The molecule has 1 aliphatic rings. The highest BCUT2D eigenvalue weighted by molar-refractivity contribution is 5.47. The van der Waals surface area contributed by atoms with Crippen molar-refractivity contribution < 1.29 is 4.39 Å². The fraction of sp³-hybridized carbons (Fsp3) is 0.647. The average Bonchev–Trinajstić information content (AvgIpc) is 2.72. The Morgan fingerprint density at radius 3 is 2.35 bits per heavy atom. The van der Waals surface area contributed by atoms with Crippen molar-refractivity contribution in [1.82, 2.24) is 0 Å². The number of nitrogens with two attached hydrogens (primary N) is 1. The summed E-state index contributed by atoms with van der Waals surface area (Å²) in [5.74, 6) is -0.129. The Balaban J connectivity index is 2.17. The third kappa shape index (κ3) is 3.51. The van der Waals surface area contributed by atoms with Crippen molar-refractivity contribution >= 4 is 5.69 Å². The number of halogens is 1. The first kappa shape index (κ1) is 15.3. The number of hydrogen-bond acceptors (Lipinski definition) is 2. The Morgan fingerprint density at radius 2 is 1.80 bits per heavy atom. The first-order valence-corrected chi connectivity index (χ1v) is 7.90. The maximum Gasteiger partial charge on any atom is 0.146 e. The van der Waals surface area contributed by atoms with Crippen molar-refractivity contribution in [3.8, 4) is 0 Å². The largest absolute Gasteiger partial charge is 0.369 e. The number of para-hydroxylation sites is 1. The highest BCUT2D eigenvalue weighted by Crippen LogP contribution is 2.36. The fourth-order valence-electron chi connectivity index (χ4n) is 3.39. The van der Waals surface area contributed by atoms with Crippen LogP contribution in [0.3, 0.4) is 0 Å². The van der Waals surface area contributed by atoms with Gasteiger partial charge >= 0.3 is 0 Å². The lowest BCUT2D eigenvalue weighted by Gasteiger charge is -2.38. The number of rotatable bonds is 5. The standard InChI is InChI=1S/C17H27FN2/c1-2-20(16-10-6-5-9-15(16)18)14-17(13-19)11-7-3-4-8-12-17/h5-6,9-10H,2-4,7-8,11-14,19H2,1H3. The van der Waals surface area contributed by atoms with Gasteiger partial charge in [-0.3, -0.25) is 0 Å². The van der Waals surface area contributed by atoms with E-state index in [4.69, 9.17) is 5.73 Å². The van der Waals surface area contributed by atoms with Gasteiger partial charge in [-0.15, -0.1) is 0 Å². The molecule has 1 aromatic rings. The van der Waals surface area contributed by atoms with Gasteiger partial charge in [0.1, 0.15) is 5.82 Å². The first-order chi connectivity index (χ1) is 9.71. The van der Waals surface area contributed by atoms with Crippen LogP contribution in [0, 0.1) is 11.2 Å². The maximum atomic E-state index is 14.0. The van der Waals surface area contributed by atoms with Gasteiger partial charge in [0.25, 0.3) is 0 Å². The minimum atomic E-state index is -0.129. The van der Waals surface area contributed by atoms with E-state index >= 15 is 0 Å². The van der Waals surface area contributed by atoms with Gasteiger partial charge in [-0.2, -0.15) is 0 Å². The van der Waals surface area contributed by atoms with Crippen LogP contribution < -0.4 is 10.6 Å². The number of hydrogen-bond donors (Lipinski definition) is 1. The Morgan fingerprint density at radius 1 is 1.15 bits per heavy atom. The third-order valence-electron chi connectivity index (χ3n) is 4.70. The summed E-state index contributed by atoms with van der Waals surface area (Å²) in [5.41, 5.74) is 6.98. The molecule has 0 unspecified atom stereocenters. The molecule has 0 radical (unpaired) electrons. The lowest BCUT2D eigenvalue weighted by molar-refractivity contribution is 0.258. The van der Waals surface area contributed by atoms with Crippen LogP contribution in [0.4, 0.5) is 10.1 Å². The topological polar surface area (TPSA) is 29.3 Å². The molecule has 1 saturated carbocycles. The summed E-state index contributed by atoms with van der Waals surface area (Å²) in [6, 6.07) is 7.07. The lowest BCUT2D eigenvalue weighted by atomic mass is 9.79. The molecule has 20 heavy (non-hydrogen) atoms. The quantitative estimate of drug-likeness (QED) is 0.826. The molecule has 0 aromatic heterocycles. The summed E-state index contributed by atoms with van der Waals surface area (Å²) in [5, 5.41) is 0. The van der Waals surface area contributed by atoms with Gasteiger partial charge in [0, 0.05) is 18.5 Å². The Labute approximate surface area is 122 Å². The van der Waals surface area contributed by atoms with Crippen molar-refractivity contribution in [2.45, 2.75) is 45.4 Å². The second-order valence-corrected chi connectivity index (χ2v) is 6.08. The molecule has 2 N–H and O–H groups in total. The molecular formula is C17H27FN2. The van der Waals surface area contributed by atoms with Gasteiger partial charge in [-0.25, -0.2) is 4.39 Å². The van der Waals surface area contributed by atoms with Crippen LogP contribution >= 0.6 is 0 Å². The van der Waals surface area contributed by atoms with Crippen molar-refractivity contribution in [1.29, 1.82) is 0 Å². The van der Waals surface area contributed by atoms with Gasteiger partial charge < -0.3 is 10.6 Å². The predicted molar refractivity (Wildman–Crippen MR) is 83.5 cm³/mol. The molecular weight excluding hydrogens is 251 g/mol. The lowest BCUT2D eigenvalue weighted by Crippen LogP contribution is -2.43. The maximum absolute atomic E-state index is 14.0.